The Kier molecular flexibility index (Phi) is 7.83. The lowest BCUT2D eigenvalue weighted by Crippen LogP contribution is -2.24. The lowest BCUT2D eigenvalue weighted by atomic mass is 10.1. The van der Waals surface area contributed by atoms with Crippen molar-refractivity contribution in [2.45, 2.75) is 37.6 Å². The van der Waals surface area contributed by atoms with Gasteiger partial charge >= 0.3 is 5.97 Å². The monoisotopic (exact) mass is 451 g/mol. The first-order chi connectivity index (χ1) is 15.4. The Hall–Kier alpha value is -3.39. The molecule has 7 nitrogen and oxygen atoms in total. The highest BCUT2D eigenvalue weighted by Crippen LogP contribution is 2.21. The molecular weight excluding hydrogens is 426 g/mol. The van der Waals surface area contributed by atoms with E-state index in [4.69, 9.17) is 4.74 Å². The summed E-state index contributed by atoms with van der Waals surface area (Å²) in [5.41, 5.74) is 3.06. The minimum absolute atomic E-state index is 0.203. The number of nitrogens with zero attached hydrogens (tertiary/aromatic N) is 1. The summed E-state index contributed by atoms with van der Waals surface area (Å²) in [6.45, 7) is 5.58. The van der Waals surface area contributed by atoms with E-state index in [0.717, 1.165) is 5.56 Å². The number of anilines is 1. The molecule has 0 saturated heterocycles. The quantitative estimate of drug-likeness (QED) is 0.305. The summed E-state index contributed by atoms with van der Waals surface area (Å²) in [4.78, 5) is 44.2. The van der Waals surface area contributed by atoms with Gasteiger partial charge in [0, 0.05) is 23.4 Å². The van der Waals surface area contributed by atoms with Gasteiger partial charge in [0.1, 0.15) is 0 Å². The van der Waals surface area contributed by atoms with E-state index in [1.54, 1.807) is 45.0 Å². The van der Waals surface area contributed by atoms with Gasteiger partial charge in [-0.2, -0.15) is 0 Å². The van der Waals surface area contributed by atoms with Crippen molar-refractivity contribution < 1.29 is 14.3 Å². The molecule has 0 radical (unpaired) electrons. The molecule has 0 bridgehead atoms. The molecule has 0 spiro atoms. The van der Waals surface area contributed by atoms with Gasteiger partial charge < -0.3 is 15.0 Å². The van der Waals surface area contributed by atoms with Gasteiger partial charge in [-0.15, -0.1) is 0 Å². The van der Waals surface area contributed by atoms with Crippen molar-refractivity contribution in [3.8, 4) is 0 Å². The summed E-state index contributed by atoms with van der Waals surface area (Å²) in [6, 6.07) is 16.2. The van der Waals surface area contributed by atoms with Crippen molar-refractivity contribution in [2.24, 2.45) is 0 Å². The van der Waals surface area contributed by atoms with Gasteiger partial charge in [-0.1, -0.05) is 42.1 Å². The van der Waals surface area contributed by atoms with E-state index < -0.39 is 11.2 Å². The van der Waals surface area contributed by atoms with E-state index in [-0.39, 0.29) is 11.5 Å². The second-order valence-electron chi connectivity index (χ2n) is 7.14. The summed E-state index contributed by atoms with van der Waals surface area (Å²) >= 11 is 1.18. The van der Waals surface area contributed by atoms with Crippen molar-refractivity contribution in [1.82, 2.24) is 9.97 Å². The van der Waals surface area contributed by atoms with Crippen LogP contribution < -0.4 is 10.9 Å². The Labute approximate surface area is 190 Å². The van der Waals surface area contributed by atoms with Crippen molar-refractivity contribution >= 4 is 29.3 Å². The topological polar surface area (TPSA) is 101 Å². The number of carbonyl (C=O) groups excluding carboxylic acids is 2. The number of H-pyrrole nitrogens is 1. The highest BCUT2D eigenvalue weighted by atomic mass is 32.2. The zero-order chi connectivity index (χ0) is 23.1. The molecule has 3 rings (SSSR count). The summed E-state index contributed by atoms with van der Waals surface area (Å²) in [6.07, 6.45) is 0.498. The van der Waals surface area contributed by atoms with Gasteiger partial charge in [-0.3, -0.25) is 9.59 Å². The fraction of sp³-hybridized carbons (Fsp3) is 0.250. The Morgan fingerprint density at radius 3 is 2.44 bits per heavy atom. The second-order valence-corrected chi connectivity index (χ2v) is 8.47. The molecular formula is C24H25N3O4S. The fourth-order valence-corrected chi connectivity index (χ4v) is 3.86. The minimum atomic E-state index is -0.498. The van der Waals surface area contributed by atoms with Crippen LogP contribution in [-0.4, -0.2) is 33.7 Å². The number of thioether (sulfide) groups is 1. The maximum atomic E-state index is 12.6. The van der Waals surface area contributed by atoms with Gasteiger partial charge in [0.05, 0.1) is 17.4 Å². The maximum Gasteiger partial charge on any atom is 0.338 e. The second kappa shape index (κ2) is 10.8. The number of rotatable bonds is 8. The molecule has 1 amide bonds. The first-order valence-electron chi connectivity index (χ1n) is 10.3. The van der Waals surface area contributed by atoms with E-state index in [9.17, 15) is 14.4 Å². The number of hydrogen-bond acceptors (Lipinski definition) is 6. The van der Waals surface area contributed by atoms with Crippen LogP contribution in [0.3, 0.4) is 0 Å². The third-order valence-corrected chi connectivity index (χ3v) is 5.73. The van der Waals surface area contributed by atoms with Crippen LogP contribution in [0.2, 0.25) is 0 Å². The van der Waals surface area contributed by atoms with Crippen LogP contribution in [0.25, 0.3) is 0 Å². The molecule has 1 unspecified atom stereocenters. The average Bonchev–Trinajstić information content (AvgIpc) is 2.77. The largest absolute Gasteiger partial charge is 0.462 e. The normalized spacial score (nSPS) is 11.6. The van der Waals surface area contributed by atoms with Crippen molar-refractivity contribution in [3.63, 3.8) is 0 Å². The smallest absolute Gasteiger partial charge is 0.338 e. The van der Waals surface area contributed by atoms with Crippen LogP contribution in [-0.2, 0) is 16.0 Å². The number of aromatic nitrogens is 2. The number of carbonyl (C=O) groups is 2. The van der Waals surface area contributed by atoms with E-state index in [2.05, 4.69) is 15.3 Å². The fourth-order valence-electron chi connectivity index (χ4n) is 3.02. The van der Waals surface area contributed by atoms with Crippen LogP contribution in [0.5, 0.6) is 0 Å². The molecule has 32 heavy (non-hydrogen) atoms. The van der Waals surface area contributed by atoms with Crippen LogP contribution in [0.4, 0.5) is 5.69 Å². The first kappa shape index (κ1) is 23.3. The molecule has 0 aliphatic heterocycles. The van der Waals surface area contributed by atoms with E-state index >= 15 is 0 Å². The van der Waals surface area contributed by atoms with Crippen molar-refractivity contribution in [3.05, 3.63) is 87.3 Å². The molecule has 0 aliphatic carbocycles. The highest BCUT2D eigenvalue weighted by Gasteiger charge is 2.18. The molecule has 1 heterocycles. The molecule has 2 aromatic carbocycles. The van der Waals surface area contributed by atoms with Gasteiger partial charge in [-0.25, -0.2) is 9.78 Å². The first-order valence-corrected chi connectivity index (χ1v) is 11.1. The van der Waals surface area contributed by atoms with Crippen molar-refractivity contribution in [2.75, 3.05) is 11.9 Å². The summed E-state index contributed by atoms with van der Waals surface area (Å²) in [5.74, 6) is -0.650. The summed E-state index contributed by atoms with van der Waals surface area (Å²) in [5, 5.41) is 2.70. The van der Waals surface area contributed by atoms with Crippen molar-refractivity contribution in [1.29, 1.82) is 0 Å². The summed E-state index contributed by atoms with van der Waals surface area (Å²) in [7, 11) is 0. The van der Waals surface area contributed by atoms with E-state index in [1.807, 2.05) is 30.3 Å². The number of aryl methyl sites for hydroxylation is 1. The molecule has 3 aromatic rings. The van der Waals surface area contributed by atoms with Crippen LogP contribution in [0.15, 0.2) is 64.5 Å². The molecule has 1 atom stereocenters. The van der Waals surface area contributed by atoms with Gasteiger partial charge in [0.15, 0.2) is 5.16 Å². The minimum Gasteiger partial charge on any atom is -0.462 e. The number of ether oxygens (including phenoxy) is 1. The molecule has 0 aliphatic rings. The third kappa shape index (κ3) is 6.07. The zero-order valence-corrected chi connectivity index (χ0v) is 19.0. The molecule has 166 valence electrons. The lowest BCUT2D eigenvalue weighted by Gasteiger charge is -2.13. The molecule has 0 fully saturated rings. The highest BCUT2D eigenvalue weighted by molar-refractivity contribution is 8.00. The van der Waals surface area contributed by atoms with Crippen LogP contribution >= 0.6 is 11.8 Å². The SMILES string of the molecule is CCOC(=O)c1ccc(NC(=O)C(C)Sc2nc(C)c(Cc3ccccc3)c(=O)[nH]2)cc1. The Morgan fingerprint density at radius 1 is 1.12 bits per heavy atom. The number of aromatic amines is 1. The lowest BCUT2D eigenvalue weighted by molar-refractivity contribution is -0.115. The Balaban J connectivity index is 1.63. The van der Waals surface area contributed by atoms with Crippen LogP contribution in [0.1, 0.15) is 41.0 Å². The Bertz CT molecular complexity index is 1140. The zero-order valence-electron chi connectivity index (χ0n) is 18.2. The van der Waals surface area contributed by atoms with E-state index in [0.29, 0.717) is 40.7 Å². The predicted molar refractivity (Wildman–Crippen MR) is 125 cm³/mol. The van der Waals surface area contributed by atoms with Gasteiger partial charge in [0.2, 0.25) is 5.91 Å². The molecule has 2 N–H and O–H groups in total. The molecule has 0 saturated carbocycles. The molecule has 1 aromatic heterocycles. The average molecular weight is 452 g/mol. The number of nitrogens with one attached hydrogen (secondary N) is 2. The third-order valence-electron chi connectivity index (χ3n) is 4.75. The molecule has 8 heteroatoms. The van der Waals surface area contributed by atoms with E-state index in [1.165, 1.54) is 11.8 Å². The number of amides is 1. The maximum absolute atomic E-state index is 12.6. The standard InChI is InChI=1S/C24H25N3O4S/c1-4-31-23(30)18-10-12-19(13-11-18)26-21(28)16(3)32-24-25-15(2)20(22(29)27-24)14-17-8-6-5-7-9-17/h5-13,16H,4,14H2,1-3H3,(H,26,28)(H,25,27,29). The van der Waals surface area contributed by atoms with Gasteiger partial charge in [0.25, 0.3) is 5.56 Å². The number of hydrogen-bond donors (Lipinski definition) is 2. The van der Waals surface area contributed by atoms with Gasteiger partial charge in [-0.05, 0) is 50.6 Å². The van der Waals surface area contributed by atoms with Crippen LogP contribution in [0, 0.1) is 6.92 Å². The number of esters is 1. The predicted octanol–water partition coefficient (Wildman–Crippen LogP) is 3.97. The Morgan fingerprint density at radius 2 is 1.81 bits per heavy atom. The summed E-state index contributed by atoms with van der Waals surface area (Å²) < 4.78 is 4.95. The number of benzene rings is 2.